The van der Waals surface area contributed by atoms with Gasteiger partial charge in [0.05, 0.1) is 10.6 Å². The van der Waals surface area contributed by atoms with E-state index >= 15 is 0 Å². The average molecular weight is 349 g/mol. The number of hydrogen-bond acceptors (Lipinski definition) is 3. The van der Waals surface area contributed by atoms with Crippen LogP contribution in [0.2, 0.25) is 10.0 Å². The first-order valence-corrected chi connectivity index (χ1v) is 7.99. The lowest BCUT2D eigenvalue weighted by atomic mass is 10.2. The molecule has 110 valence electrons. The number of amides is 1. The highest BCUT2D eigenvalue weighted by Crippen LogP contribution is 2.32. The molecular formula is C16H10Cl2N2OS. The van der Waals surface area contributed by atoms with Crippen molar-refractivity contribution in [2.75, 3.05) is 0 Å². The number of aliphatic imine (C=N–C) groups is 1. The summed E-state index contributed by atoms with van der Waals surface area (Å²) in [7, 11) is 0. The second kappa shape index (κ2) is 6.57. The lowest BCUT2D eigenvalue weighted by Gasteiger charge is -2.01. The van der Waals surface area contributed by atoms with Crippen molar-refractivity contribution in [1.29, 1.82) is 0 Å². The normalized spacial score (nSPS) is 18.0. The molecule has 1 aliphatic heterocycles. The van der Waals surface area contributed by atoms with Crippen molar-refractivity contribution in [3.63, 3.8) is 0 Å². The van der Waals surface area contributed by atoms with E-state index in [-0.39, 0.29) is 5.91 Å². The van der Waals surface area contributed by atoms with Crippen LogP contribution in [0.4, 0.5) is 5.69 Å². The van der Waals surface area contributed by atoms with Gasteiger partial charge < -0.3 is 5.32 Å². The summed E-state index contributed by atoms with van der Waals surface area (Å²) < 4.78 is 0. The molecule has 0 radical (unpaired) electrons. The van der Waals surface area contributed by atoms with Gasteiger partial charge in [0.1, 0.15) is 0 Å². The minimum Gasteiger partial charge on any atom is -0.300 e. The van der Waals surface area contributed by atoms with Gasteiger partial charge in [0.2, 0.25) is 0 Å². The maximum absolute atomic E-state index is 12.0. The van der Waals surface area contributed by atoms with Crippen LogP contribution in [0.5, 0.6) is 0 Å². The van der Waals surface area contributed by atoms with Crippen molar-refractivity contribution < 1.29 is 4.79 Å². The number of hydrogen-bond donors (Lipinski definition) is 1. The van der Waals surface area contributed by atoms with Crippen LogP contribution in [-0.2, 0) is 4.79 Å². The maximum atomic E-state index is 12.0. The number of nitrogens with one attached hydrogen (secondary N) is 1. The highest BCUT2D eigenvalue weighted by Gasteiger charge is 2.24. The predicted octanol–water partition coefficient (Wildman–Crippen LogP) is 4.89. The molecule has 1 heterocycles. The van der Waals surface area contributed by atoms with Gasteiger partial charge in [-0.1, -0.05) is 47.5 Å². The SMILES string of the molecule is O=C1NC(=Nc2ccccc2)S/C1=C\c1c(Cl)cccc1Cl. The smallest absolute Gasteiger partial charge is 0.264 e. The second-order valence-corrected chi connectivity index (χ2v) is 6.30. The number of carbonyl (C=O) groups excluding carboxylic acids is 1. The molecule has 0 atom stereocenters. The van der Waals surface area contributed by atoms with E-state index in [0.717, 1.165) is 5.69 Å². The van der Waals surface area contributed by atoms with E-state index in [4.69, 9.17) is 23.2 Å². The Labute approximate surface area is 142 Å². The van der Waals surface area contributed by atoms with Crippen LogP contribution in [0.3, 0.4) is 0 Å². The van der Waals surface area contributed by atoms with Crippen molar-refractivity contribution >= 4 is 57.8 Å². The van der Waals surface area contributed by atoms with Crippen LogP contribution >= 0.6 is 35.0 Å². The molecule has 6 heteroatoms. The van der Waals surface area contributed by atoms with Crippen LogP contribution in [0.25, 0.3) is 6.08 Å². The molecule has 0 aromatic heterocycles. The average Bonchev–Trinajstić information content (AvgIpc) is 2.84. The zero-order valence-corrected chi connectivity index (χ0v) is 13.5. The summed E-state index contributed by atoms with van der Waals surface area (Å²) in [6.45, 7) is 0. The van der Waals surface area contributed by atoms with Gasteiger partial charge in [-0.25, -0.2) is 4.99 Å². The minimum absolute atomic E-state index is 0.212. The number of carbonyl (C=O) groups is 1. The van der Waals surface area contributed by atoms with Crippen molar-refractivity contribution in [3.8, 4) is 0 Å². The summed E-state index contributed by atoms with van der Waals surface area (Å²) in [5, 5.41) is 4.27. The third kappa shape index (κ3) is 3.35. The number of benzene rings is 2. The van der Waals surface area contributed by atoms with Gasteiger partial charge in [-0.2, -0.15) is 0 Å². The first-order valence-electron chi connectivity index (χ1n) is 6.42. The molecule has 1 fully saturated rings. The largest absolute Gasteiger partial charge is 0.300 e. The summed E-state index contributed by atoms with van der Waals surface area (Å²) in [6, 6.07) is 14.7. The quantitative estimate of drug-likeness (QED) is 0.785. The molecule has 3 nitrogen and oxygen atoms in total. The predicted molar refractivity (Wildman–Crippen MR) is 93.7 cm³/mol. The van der Waals surface area contributed by atoms with Crippen molar-refractivity contribution in [2.24, 2.45) is 4.99 Å². The Hall–Kier alpha value is -1.75. The maximum Gasteiger partial charge on any atom is 0.264 e. The van der Waals surface area contributed by atoms with Crippen molar-refractivity contribution in [2.45, 2.75) is 0 Å². The number of rotatable bonds is 2. The van der Waals surface area contributed by atoms with Crippen LogP contribution in [0.1, 0.15) is 5.56 Å². The molecule has 1 saturated heterocycles. The Morgan fingerprint density at radius 3 is 2.36 bits per heavy atom. The zero-order chi connectivity index (χ0) is 15.5. The zero-order valence-electron chi connectivity index (χ0n) is 11.2. The molecule has 3 rings (SSSR count). The van der Waals surface area contributed by atoms with Gasteiger partial charge in [-0.05, 0) is 42.1 Å². The molecule has 22 heavy (non-hydrogen) atoms. The Morgan fingerprint density at radius 2 is 1.68 bits per heavy atom. The standard InChI is InChI=1S/C16H10Cl2N2OS/c17-12-7-4-8-13(18)11(12)9-14-15(21)20-16(22-14)19-10-5-2-1-3-6-10/h1-9H,(H,19,20,21)/b14-9-. The summed E-state index contributed by atoms with van der Waals surface area (Å²) in [6.07, 6.45) is 1.68. The van der Waals surface area contributed by atoms with E-state index in [1.807, 2.05) is 30.3 Å². The summed E-state index contributed by atoms with van der Waals surface area (Å²) >= 11 is 13.5. The summed E-state index contributed by atoms with van der Waals surface area (Å²) in [5.41, 5.74) is 1.41. The van der Waals surface area contributed by atoms with Crippen LogP contribution in [0.15, 0.2) is 58.4 Å². The molecule has 1 amide bonds. The first kappa shape index (κ1) is 15.2. The topological polar surface area (TPSA) is 41.5 Å². The van der Waals surface area contributed by atoms with E-state index in [2.05, 4.69) is 10.3 Å². The minimum atomic E-state index is -0.212. The van der Waals surface area contributed by atoms with Crippen LogP contribution < -0.4 is 5.32 Å². The second-order valence-electron chi connectivity index (χ2n) is 4.45. The number of nitrogens with zero attached hydrogens (tertiary/aromatic N) is 1. The summed E-state index contributed by atoms with van der Waals surface area (Å²) in [5.74, 6) is -0.212. The molecule has 0 saturated carbocycles. The monoisotopic (exact) mass is 348 g/mol. The number of para-hydroxylation sites is 1. The van der Waals surface area contributed by atoms with E-state index in [1.165, 1.54) is 11.8 Å². The molecule has 2 aromatic carbocycles. The number of halogens is 2. The lowest BCUT2D eigenvalue weighted by Crippen LogP contribution is -2.19. The van der Waals surface area contributed by atoms with Gasteiger partial charge in [-0.15, -0.1) is 0 Å². The highest BCUT2D eigenvalue weighted by atomic mass is 35.5. The fraction of sp³-hybridized carbons (Fsp3) is 0. The lowest BCUT2D eigenvalue weighted by molar-refractivity contribution is -0.115. The molecule has 2 aromatic rings. The molecular weight excluding hydrogens is 339 g/mol. The highest BCUT2D eigenvalue weighted by molar-refractivity contribution is 8.18. The van der Waals surface area contributed by atoms with Crippen LogP contribution in [-0.4, -0.2) is 11.1 Å². The van der Waals surface area contributed by atoms with E-state index in [0.29, 0.717) is 25.7 Å². The Balaban J connectivity index is 1.90. The fourth-order valence-corrected chi connectivity index (χ4v) is 3.21. The van der Waals surface area contributed by atoms with Gasteiger partial charge in [-0.3, -0.25) is 4.79 Å². The van der Waals surface area contributed by atoms with Gasteiger partial charge in [0.15, 0.2) is 5.17 Å². The molecule has 1 aliphatic rings. The molecule has 0 unspecified atom stereocenters. The van der Waals surface area contributed by atoms with E-state index < -0.39 is 0 Å². The van der Waals surface area contributed by atoms with Gasteiger partial charge in [0.25, 0.3) is 5.91 Å². The Morgan fingerprint density at radius 1 is 1.00 bits per heavy atom. The fourth-order valence-electron chi connectivity index (χ4n) is 1.88. The number of amidine groups is 1. The van der Waals surface area contributed by atoms with Crippen LogP contribution in [0, 0.1) is 0 Å². The van der Waals surface area contributed by atoms with Gasteiger partial charge >= 0.3 is 0 Å². The summed E-state index contributed by atoms with van der Waals surface area (Å²) in [4.78, 5) is 16.9. The molecule has 0 aliphatic carbocycles. The number of thioether (sulfide) groups is 1. The van der Waals surface area contributed by atoms with E-state index in [1.54, 1.807) is 24.3 Å². The Kier molecular flexibility index (Phi) is 4.52. The Bertz CT molecular complexity index is 768. The van der Waals surface area contributed by atoms with Crippen molar-refractivity contribution in [3.05, 3.63) is 69.0 Å². The molecule has 0 spiro atoms. The van der Waals surface area contributed by atoms with Gasteiger partial charge in [0, 0.05) is 15.6 Å². The van der Waals surface area contributed by atoms with E-state index in [9.17, 15) is 4.79 Å². The molecule has 0 bridgehead atoms. The first-order chi connectivity index (χ1) is 10.6. The third-order valence-electron chi connectivity index (χ3n) is 2.91. The third-order valence-corrected chi connectivity index (χ3v) is 4.48. The molecule has 1 N–H and O–H groups in total. The van der Waals surface area contributed by atoms with Crippen molar-refractivity contribution in [1.82, 2.24) is 5.32 Å².